The minimum atomic E-state index is 0.342. The minimum Gasteiger partial charge on any atom is -0.339 e. The highest BCUT2D eigenvalue weighted by atomic mass is 16.2. The van der Waals surface area contributed by atoms with E-state index in [9.17, 15) is 4.79 Å². The van der Waals surface area contributed by atoms with E-state index in [1.165, 1.54) is 51.4 Å². The number of carbonyl (C=O) groups is 1. The van der Waals surface area contributed by atoms with Crippen LogP contribution in [0.1, 0.15) is 64.2 Å². The fourth-order valence-electron chi connectivity index (χ4n) is 3.92. The van der Waals surface area contributed by atoms with Crippen molar-refractivity contribution >= 4 is 5.91 Å². The van der Waals surface area contributed by atoms with Gasteiger partial charge in [0.2, 0.25) is 5.91 Å². The smallest absolute Gasteiger partial charge is 0.225 e. The molecule has 2 aliphatic carbocycles. The number of nitrogens with zero attached hydrogens (tertiary/aromatic N) is 1. The van der Waals surface area contributed by atoms with Gasteiger partial charge in [0.15, 0.2) is 0 Å². The first kappa shape index (κ1) is 14.4. The standard InChI is InChI=1S/C17H30N2O/c20-17(15-7-3-1-2-4-8-15)19(16-9-10-16)13-14-6-5-11-18-12-14/h14-16,18H,1-13H2. The Morgan fingerprint density at radius 2 is 1.70 bits per heavy atom. The van der Waals surface area contributed by atoms with Crippen LogP contribution in [0.5, 0.6) is 0 Å². The van der Waals surface area contributed by atoms with E-state index < -0.39 is 0 Å². The Bertz CT molecular complexity index is 313. The van der Waals surface area contributed by atoms with Crippen LogP contribution in [0.15, 0.2) is 0 Å². The summed E-state index contributed by atoms with van der Waals surface area (Å²) in [6.45, 7) is 3.30. The second kappa shape index (κ2) is 6.93. The summed E-state index contributed by atoms with van der Waals surface area (Å²) in [5, 5.41) is 3.49. The zero-order valence-electron chi connectivity index (χ0n) is 12.8. The van der Waals surface area contributed by atoms with Gasteiger partial charge in [-0.05, 0) is 57.5 Å². The third-order valence-corrected chi connectivity index (χ3v) is 5.33. The highest BCUT2D eigenvalue weighted by Gasteiger charge is 2.37. The summed E-state index contributed by atoms with van der Waals surface area (Å²) < 4.78 is 0. The maximum absolute atomic E-state index is 12.9. The summed E-state index contributed by atoms with van der Waals surface area (Å²) in [5.74, 6) is 1.54. The van der Waals surface area contributed by atoms with Gasteiger partial charge < -0.3 is 10.2 Å². The van der Waals surface area contributed by atoms with E-state index in [1.807, 2.05) is 0 Å². The van der Waals surface area contributed by atoms with Crippen LogP contribution in [0.3, 0.4) is 0 Å². The molecule has 3 rings (SSSR count). The molecule has 3 aliphatic rings. The number of nitrogens with one attached hydrogen (secondary N) is 1. The Hall–Kier alpha value is -0.570. The van der Waals surface area contributed by atoms with Gasteiger partial charge in [0.05, 0.1) is 0 Å². The molecule has 0 aromatic heterocycles. The van der Waals surface area contributed by atoms with E-state index in [1.54, 1.807) is 0 Å². The van der Waals surface area contributed by atoms with Crippen molar-refractivity contribution in [2.75, 3.05) is 19.6 Å². The van der Waals surface area contributed by atoms with Crippen molar-refractivity contribution in [1.29, 1.82) is 0 Å². The number of hydrogen-bond acceptors (Lipinski definition) is 2. The Morgan fingerprint density at radius 1 is 0.950 bits per heavy atom. The van der Waals surface area contributed by atoms with Gasteiger partial charge in [0.1, 0.15) is 0 Å². The predicted octanol–water partition coefficient (Wildman–Crippen LogP) is 2.95. The molecule has 0 radical (unpaired) electrons. The predicted molar refractivity (Wildman–Crippen MR) is 81.5 cm³/mol. The number of hydrogen-bond donors (Lipinski definition) is 1. The Balaban J connectivity index is 1.58. The molecule has 114 valence electrons. The summed E-state index contributed by atoms with van der Waals surface area (Å²) in [4.78, 5) is 15.2. The van der Waals surface area contributed by atoms with Gasteiger partial charge in [-0.2, -0.15) is 0 Å². The zero-order chi connectivity index (χ0) is 13.8. The average molecular weight is 278 g/mol. The second-order valence-corrected chi connectivity index (χ2v) is 7.12. The average Bonchev–Trinajstić information content (AvgIpc) is 3.31. The Labute approximate surface area is 123 Å². The van der Waals surface area contributed by atoms with Crippen molar-refractivity contribution in [2.24, 2.45) is 11.8 Å². The lowest BCUT2D eigenvalue weighted by Gasteiger charge is -2.32. The highest BCUT2D eigenvalue weighted by molar-refractivity contribution is 5.79. The fourth-order valence-corrected chi connectivity index (χ4v) is 3.92. The number of rotatable bonds is 4. The molecule has 2 saturated carbocycles. The van der Waals surface area contributed by atoms with Crippen molar-refractivity contribution < 1.29 is 4.79 Å². The summed E-state index contributed by atoms with van der Waals surface area (Å²) in [6, 6.07) is 0.590. The third kappa shape index (κ3) is 3.75. The molecule has 1 unspecified atom stereocenters. The van der Waals surface area contributed by atoms with E-state index in [2.05, 4.69) is 10.2 Å². The Kier molecular flexibility index (Phi) is 4.98. The summed E-state index contributed by atoms with van der Waals surface area (Å²) in [5.41, 5.74) is 0. The van der Waals surface area contributed by atoms with Gasteiger partial charge in [-0.25, -0.2) is 0 Å². The molecule has 1 atom stereocenters. The molecular weight excluding hydrogens is 248 g/mol. The van der Waals surface area contributed by atoms with E-state index in [4.69, 9.17) is 0 Å². The molecule has 0 spiro atoms. The van der Waals surface area contributed by atoms with E-state index in [-0.39, 0.29) is 0 Å². The maximum Gasteiger partial charge on any atom is 0.225 e. The topological polar surface area (TPSA) is 32.3 Å². The van der Waals surface area contributed by atoms with Crippen molar-refractivity contribution in [3.05, 3.63) is 0 Å². The van der Waals surface area contributed by atoms with Gasteiger partial charge in [-0.3, -0.25) is 4.79 Å². The van der Waals surface area contributed by atoms with Gasteiger partial charge in [-0.1, -0.05) is 25.7 Å². The molecule has 1 heterocycles. The maximum atomic E-state index is 12.9. The fraction of sp³-hybridized carbons (Fsp3) is 0.941. The van der Waals surface area contributed by atoms with Gasteiger partial charge in [0.25, 0.3) is 0 Å². The highest BCUT2D eigenvalue weighted by Crippen LogP contribution is 2.33. The molecule has 3 fully saturated rings. The van der Waals surface area contributed by atoms with Crippen LogP contribution in [-0.4, -0.2) is 36.5 Å². The zero-order valence-corrected chi connectivity index (χ0v) is 12.8. The molecule has 3 nitrogen and oxygen atoms in total. The molecule has 1 aliphatic heterocycles. The van der Waals surface area contributed by atoms with Gasteiger partial charge >= 0.3 is 0 Å². The van der Waals surface area contributed by atoms with Crippen LogP contribution in [0.25, 0.3) is 0 Å². The van der Waals surface area contributed by atoms with Crippen molar-refractivity contribution in [3.8, 4) is 0 Å². The minimum absolute atomic E-state index is 0.342. The molecule has 0 bridgehead atoms. The summed E-state index contributed by atoms with van der Waals surface area (Å²) in [6.07, 6.45) is 12.6. The first-order valence-electron chi connectivity index (χ1n) is 8.86. The molecule has 20 heavy (non-hydrogen) atoms. The molecule has 1 saturated heterocycles. The van der Waals surface area contributed by atoms with E-state index in [0.717, 1.165) is 32.5 Å². The summed E-state index contributed by atoms with van der Waals surface area (Å²) in [7, 11) is 0. The Morgan fingerprint density at radius 3 is 2.30 bits per heavy atom. The van der Waals surface area contributed by atoms with Crippen molar-refractivity contribution in [3.63, 3.8) is 0 Å². The largest absolute Gasteiger partial charge is 0.339 e. The third-order valence-electron chi connectivity index (χ3n) is 5.33. The van der Waals surface area contributed by atoms with Crippen molar-refractivity contribution in [2.45, 2.75) is 70.3 Å². The molecule has 0 aromatic carbocycles. The molecule has 3 heteroatoms. The van der Waals surface area contributed by atoms with E-state index >= 15 is 0 Å². The second-order valence-electron chi connectivity index (χ2n) is 7.12. The number of amides is 1. The van der Waals surface area contributed by atoms with Gasteiger partial charge in [0, 0.05) is 18.5 Å². The lowest BCUT2D eigenvalue weighted by molar-refractivity contribution is -0.137. The SMILES string of the molecule is O=C(C1CCCCCC1)N(CC1CCCNC1)C1CC1. The number of piperidine rings is 1. The summed E-state index contributed by atoms with van der Waals surface area (Å²) >= 11 is 0. The van der Waals surface area contributed by atoms with Crippen LogP contribution in [-0.2, 0) is 4.79 Å². The molecule has 1 amide bonds. The van der Waals surface area contributed by atoms with Crippen molar-refractivity contribution in [1.82, 2.24) is 10.2 Å². The van der Waals surface area contributed by atoms with Crippen LogP contribution in [0.4, 0.5) is 0 Å². The first-order valence-corrected chi connectivity index (χ1v) is 8.86. The van der Waals surface area contributed by atoms with Gasteiger partial charge in [-0.15, -0.1) is 0 Å². The normalized spacial score (nSPS) is 28.9. The molecular formula is C17H30N2O. The quantitative estimate of drug-likeness (QED) is 0.802. The van der Waals surface area contributed by atoms with Crippen LogP contribution in [0.2, 0.25) is 0 Å². The van der Waals surface area contributed by atoms with Crippen LogP contribution < -0.4 is 5.32 Å². The van der Waals surface area contributed by atoms with Crippen LogP contribution in [0, 0.1) is 11.8 Å². The van der Waals surface area contributed by atoms with E-state index in [0.29, 0.717) is 23.8 Å². The first-order chi connectivity index (χ1) is 9.84. The molecule has 1 N–H and O–H groups in total. The number of carbonyl (C=O) groups excluding carboxylic acids is 1. The van der Waals surface area contributed by atoms with Crippen LogP contribution >= 0.6 is 0 Å². The lowest BCUT2D eigenvalue weighted by atomic mass is 9.95. The monoisotopic (exact) mass is 278 g/mol. The lowest BCUT2D eigenvalue weighted by Crippen LogP contribution is -2.44. The molecule has 0 aromatic rings.